The Bertz CT molecular complexity index is 1020. The largest absolute Gasteiger partial charge is 0.369 e. The molecular weight excluding hydrogens is 334 g/mol. The second-order valence-electron chi connectivity index (χ2n) is 5.81. The monoisotopic (exact) mass is 353 g/mol. The zero-order valence-corrected chi connectivity index (χ0v) is 15.0. The van der Waals surface area contributed by atoms with Crippen LogP contribution in [-0.4, -0.2) is 48.5 Å². The fourth-order valence-electron chi connectivity index (χ4n) is 2.86. The molecule has 0 spiro atoms. The average Bonchev–Trinajstić information content (AvgIpc) is 3.25. The minimum absolute atomic E-state index is 0.676. The number of nitrogens with zero attached hydrogens (tertiary/aromatic N) is 5. The Morgan fingerprint density at radius 1 is 1.20 bits per heavy atom. The zero-order valence-electron chi connectivity index (χ0n) is 14.2. The van der Waals surface area contributed by atoms with Crippen LogP contribution >= 0.6 is 11.8 Å². The van der Waals surface area contributed by atoms with Gasteiger partial charge < -0.3 is 5.32 Å². The summed E-state index contributed by atoms with van der Waals surface area (Å²) in [5.74, 6) is 2.63. The van der Waals surface area contributed by atoms with Gasteiger partial charge in [0.05, 0.1) is 23.3 Å². The van der Waals surface area contributed by atoms with Crippen molar-refractivity contribution in [3.8, 4) is 11.4 Å². The third-order valence-electron chi connectivity index (χ3n) is 4.14. The van der Waals surface area contributed by atoms with Crippen molar-refractivity contribution in [1.29, 1.82) is 0 Å². The molecule has 1 aromatic carbocycles. The number of rotatable bonds is 6. The lowest BCUT2D eigenvalue weighted by Crippen LogP contribution is -2.07. The molecule has 8 heteroatoms. The molecule has 0 aliphatic rings. The van der Waals surface area contributed by atoms with Gasteiger partial charge in [-0.1, -0.05) is 12.1 Å². The van der Waals surface area contributed by atoms with Gasteiger partial charge in [0, 0.05) is 24.5 Å². The van der Waals surface area contributed by atoms with E-state index in [1.54, 1.807) is 4.68 Å². The smallest absolute Gasteiger partial charge is 0.164 e. The van der Waals surface area contributed by atoms with Crippen LogP contribution in [0, 0.1) is 0 Å². The van der Waals surface area contributed by atoms with Crippen molar-refractivity contribution in [2.45, 2.75) is 6.42 Å². The first-order chi connectivity index (χ1) is 12.3. The standard InChI is InChI=1S/C17H19N7S/c1-24-17-13(10-20-24)15(18-7-4-8-25-2)21-16(22-17)11-5-3-6-14-12(11)9-19-23-14/h3,5-6,9-10H,4,7-8H2,1-2H3,(H,19,23)(H,18,21,22). The van der Waals surface area contributed by atoms with Crippen LogP contribution in [0.2, 0.25) is 0 Å². The van der Waals surface area contributed by atoms with Gasteiger partial charge in [0.25, 0.3) is 0 Å². The van der Waals surface area contributed by atoms with Gasteiger partial charge >= 0.3 is 0 Å². The maximum atomic E-state index is 4.79. The van der Waals surface area contributed by atoms with E-state index in [-0.39, 0.29) is 0 Å². The van der Waals surface area contributed by atoms with Crippen molar-refractivity contribution in [3.63, 3.8) is 0 Å². The molecule has 0 amide bonds. The average molecular weight is 353 g/mol. The van der Waals surface area contributed by atoms with Crippen LogP contribution in [0.4, 0.5) is 5.82 Å². The predicted molar refractivity (Wildman–Crippen MR) is 103 cm³/mol. The zero-order chi connectivity index (χ0) is 17.2. The summed E-state index contributed by atoms with van der Waals surface area (Å²) in [5, 5.41) is 16.9. The highest BCUT2D eigenvalue weighted by Crippen LogP contribution is 2.28. The van der Waals surface area contributed by atoms with E-state index in [9.17, 15) is 0 Å². The van der Waals surface area contributed by atoms with Crippen molar-refractivity contribution in [2.75, 3.05) is 23.9 Å². The van der Waals surface area contributed by atoms with Gasteiger partial charge in [-0.15, -0.1) is 0 Å². The SMILES string of the molecule is CSCCCNc1nc(-c2cccc3[nH]ncc23)nc2c1cnn2C. The molecular formula is C17H19N7S. The van der Waals surface area contributed by atoms with Gasteiger partial charge in [-0.2, -0.15) is 22.0 Å². The normalized spacial score (nSPS) is 11.4. The van der Waals surface area contributed by atoms with Crippen LogP contribution in [0.5, 0.6) is 0 Å². The van der Waals surface area contributed by atoms with Crippen molar-refractivity contribution in [2.24, 2.45) is 7.05 Å². The van der Waals surface area contributed by atoms with Crippen LogP contribution < -0.4 is 5.32 Å². The summed E-state index contributed by atoms with van der Waals surface area (Å²) in [6.07, 6.45) is 6.83. The van der Waals surface area contributed by atoms with Crippen molar-refractivity contribution in [1.82, 2.24) is 29.9 Å². The summed E-state index contributed by atoms with van der Waals surface area (Å²) in [6.45, 7) is 0.872. The number of anilines is 1. The van der Waals surface area contributed by atoms with E-state index in [1.165, 1.54) is 0 Å². The quantitative estimate of drug-likeness (QED) is 0.518. The lowest BCUT2D eigenvalue weighted by Gasteiger charge is -2.09. The number of hydrogen-bond donors (Lipinski definition) is 2. The Kier molecular flexibility index (Phi) is 4.27. The first kappa shape index (κ1) is 15.9. The summed E-state index contributed by atoms with van der Waals surface area (Å²) in [5.41, 5.74) is 2.75. The summed E-state index contributed by atoms with van der Waals surface area (Å²) in [4.78, 5) is 9.53. The van der Waals surface area contributed by atoms with Gasteiger partial charge in [0.2, 0.25) is 0 Å². The first-order valence-electron chi connectivity index (χ1n) is 8.13. The van der Waals surface area contributed by atoms with Crippen molar-refractivity contribution < 1.29 is 0 Å². The number of H-pyrrole nitrogens is 1. The number of benzene rings is 1. The van der Waals surface area contributed by atoms with Crippen LogP contribution in [-0.2, 0) is 7.05 Å². The van der Waals surface area contributed by atoms with E-state index in [4.69, 9.17) is 9.97 Å². The van der Waals surface area contributed by atoms with Gasteiger partial charge in [-0.3, -0.25) is 9.78 Å². The van der Waals surface area contributed by atoms with Crippen LogP contribution in [0.3, 0.4) is 0 Å². The summed E-state index contributed by atoms with van der Waals surface area (Å²) in [6, 6.07) is 6.00. The first-order valence-corrected chi connectivity index (χ1v) is 9.52. The number of aromatic amines is 1. The number of thioether (sulfide) groups is 1. The van der Waals surface area contributed by atoms with Crippen molar-refractivity contribution >= 4 is 39.5 Å². The Hall–Kier alpha value is -2.61. The molecule has 128 valence electrons. The van der Waals surface area contributed by atoms with E-state index in [1.807, 2.05) is 49.4 Å². The summed E-state index contributed by atoms with van der Waals surface area (Å²) >= 11 is 1.85. The highest BCUT2D eigenvalue weighted by molar-refractivity contribution is 7.98. The molecule has 0 saturated heterocycles. The molecule has 0 fully saturated rings. The third-order valence-corrected chi connectivity index (χ3v) is 4.83. The lowest BCUT2D eigenvalue weighted by molar-refractivity contribution is 0.786. The maximum Gasteiger partial charge on any atom is 0.164 e. The molecule has 3 heterocycles. The summed E-state index contributed by atoms with van der Waals surface area (Å²) in [7, 11) is 1.90. The molecule has 4 rings (SSSR count). The molecule has 0 atom stereocenters. The highest BCUT2D eigenvalue weighted by Gasteiger charge is 2.14. The van der Waals surface area contributed by atoms with Gasteiger partial charge in [0.15, 0.2) is 11.5 Å². The molecule has 0 saturated carbocycles. The van der Waals surface area contributed by atoms with E-state index in [2.05, 4.69) is 26.9 Å². The van der Waals surface area contributed by atoms with E-state index in [0.29, 0.717) is 5.82 Å². The lowest BCUT2D eigenvalue weighted by atomic mass is 10.1. The second kappa shape index (κ2) is 6.72. The number of aryl methyl sites for hydroxylation is 1. The third kappa shape index (κ3) is 2.93. The van der Waals surface area contributed by atoms with Gasteiger partial charge in [-0.25, -0.2) is 9.97 Å². The minimum Gasteiger partial charge on any atom is -0.369 e. The predicted octanol–water partition coefficient (Wildman–Crippen LogP) is 3.07. The van der Waals surface area contributed by atoms with Gasteiger partial charge in [-0.05, 0) is 24.5 Å². The maximum absolute atomic E-state index is 4.79. The van der Waals surface area contributed by atoms with Crippen LogP contribution in [0.1, 0.15) is 6.42 Å². The topological polar surface area (TPSA) is 84.3 Å². The molecule has 2 N–H and O–H groups in total. The molecule has 25 heavy (non-hydrogen) atoms. The van der Waals surface area contributed by atoms with Gasteiger partial charge in [0.1, 0.15) is 5.82 Å². The minimum atomic E-state index is 0.676. The molecule has 0 bridgehead atoms. The Balaban J connectivity index is 1.81. The number of fused-ring (bicyclic) bond motifs is 2. The molecule has 0 unspecified atom stereocenters. The molecule has 0 aliphatic carbocycles. The Morgan fingerprint density at radius 3 is 3.00 bits per heavy atom. The molecule has 0 radical (unpaired) electrons. The van der Waals surface area contributed by atoms with E-state index in [0.717, 1.165) is 52.0 Å². The van der Waals surface area contributed by atoms with Crippen molar-refractivity contribution in [3.05, 3.63) is 30.6 Å². The molecule has 7 nitrogen and oxygen atoms in total. The Labute approximate surface area is 149 Å². The number of aromatic nitrogens is 6. The molecule has 4 aromatic rings. The summed E-state index contributed by atoms with van der Waals surface area (Å²) < 4.78 is 1.78. The fourth-order valence-corrected chi connectivity index (χ4v) is 3.30. The fraction of sp³-hybridized carbons (Fsp3) is 0.294. The number of hydrogen-bond acceptors (Lipinski definition) is 6. The van der Waals surface area contributed by atoms with Crippen LogP contribution in [0.15, 0.2) is 30.6 Å². The Morgan fingerprint density at radius 2 is 2.12 bits per heavy atom. The number of nitrogens with one attached hydrogen (secondary N) is 2. The van der Waals surface area contributed by atoms with Crippen LogP contribution in [0.25, 0.3) is 33.3 Å². The molecule has 0 aliphatic heterocycles. The molecule has 3 aromatic heterocycles. The van der Waals surface area contributed by atoms with E-state index >= 15 is 0 Å². The highest BCUT2D eigenvalue weighted by atomic mass is 32.2. The second-order valence-corrected chi connectivity index (χ2v) is 6.80. The van der Waals surface area contributed by atoms with E-state index < -0.39 is 0 Å².